The van der Waals surface area contributed by atoms with E-state index in [0.29, 0.717) is 37.6 Å². The summed E-state index contributed by atoms with van der Waals surface area (Å²) in [7, 11) is 1.64. The zero-order valence-electron chi connectivity index (χ0n) is 18.6. The zero-order chi connectivity index (χ0) is 22.1. The minimum Gasteiger partial charge on any atom is -0.490 e. The standard InChI is InChI=1S/C24H32N2O4/c1-6-29-20-10-7-8-11-21(20)30-13-9-12-23(28)26(5)16-22(27)25-24-18(3)14-17(2)15-19(24)4/h7-8,10-11,14-15H,6,9,12-13,16H2,1-5H3,(H,25,27). The van der Waals surface area contributed by atoms with E-state index in [1.54, 1.807) is 7.05 Å². The van der Waals surface area contributed by atoms with Crippen LogP contribution < -0.4 is 14.8 Å². The third kappa shape index (κ3) is 6.79. The van der Waals surface area contributed by atoms with E-state index in [9.17, 15) is 9.59 Å². The molecule has 0 fully saturated rings. The first-order chi connectivity index (χ1) is 14.3. The van der Waals surface area contributed by atoms with E-state index in [1.165, 1.54) is 4.90 Å². The van der Waals surface area contributed by atoms with Gasteiger partial charge in [-0.1, -0.05) is 29.8 Å². The lowest BCUT2D eigenvalue weighted by Crippen LogP contribution is -2.35. The predicted molar refractivity (Wildman–Crippen MR) is 119 cm³/mol. The van der Waals surface area contributed by atoms with Crippen molar-refractivity contribution in [3.63, 3.8) is 0 Å². The molecule has 1 N–H and O–H groups in total. The predicted octanol–water partition coefficient (Wildman–Crippen LogP) is 4.27. The van der Waals surface area contributed by atoms with Crippen molar-refractivity contribution in [1.82, 2.24) is 4.90 Å². The molecule has 0 heterocycles. The van der Waals surface area contributed by atoms with Crippen molar-refractivity contribution < 1.29 is 19.1 Å². The first-order valence-corrected chi connectivity index (χ1v) is 10.3. The number of anilines is 1. The van der Waals surface area contributed by atoms with Crippen molar-refractivity contribution in [3.8, 4) is 11.5 Å². The van der Waals surface area contributed by atoms with Gasteiger partial charge in [-0.05, 0) is 57.4 Å². The lowest BCUT2D eigenvalue weighted by molar-refractivity contribution is -0.133. The second-order valence-corrected chi connectivity index (χ2v) is 7.40. The highest BCUT2D eigenvalue weighted by Crippen LogP contribution is 2.26. The summed E-state index contributed by atoms with van der Waals surface area (Å²) in [6.45, 7) is 8.85. The molecule has 0 saturated carbocycles. The molecule has 6 heteroatoms. The Hall–Kier alpha value is -3.02. The van der Waals surface area contributed by atoms with Crippen LogP contribution in [0.15, 0.2) is 36.4 Å². The first-order valence-electron chi connectivity index (χ1n) is 10.3. The maximum atomic E-state index is 12.4. The number of benzene rings is 2. The van der Waals surface area contributed by atoms with Gasteiger partial charge < -0.3 is 19.7 Å². The summed E-state index contributed by atoms with van der Waals surface area (Å²) in [5.74, 6) is 1.07. The molecule has 0 radical (unpaired) electrons. The number of carbonyl (C=O) groups is 2. The minimum absolute atomic E-state index is 0.0135. The normalized spacial score (nSPS) is 10.4. The van der Waals surface area contributed by atoms with Crippen molar-refractivity contribution >= 4 is 17.5 Å². The van der Waals surface area contributed by atoms with Gasteiger partial charge in [-0.25, -0.2) is 0 Å². The Kier molecular flexibility index (Phi) is 8.71. The van der Waals surface area contributed by atoms with E-state index in [1.807, 2.05) is 64.1 Å². The largest absolute Gasteiger partial charge is 0.490 e. The first kappa shape index (κ1) is 23.3. The summed E-state index contributed by atoms with van der Waals surface area (Å²) in [4.78, 5) is 26.2. The Labute approximate surface area is 179 Å². The highest BCUT2D eigenvalue weighted by Gasteiger charge is 2.15. The molecule has 30 heavy (non-hydrogen) atoms. The molecule has 2 aromatic carbocycles. The van der Waals surface area contributed by atoms with Crippen LogP contribution in [0.5, 0.6) is 11.5 Å². The molecule has 0 aliphatic carbocycles. The summed E-state index contributed by atoms with van der Waals surface area (Å²) in [6.07, 6.45) is 0.866. The van der Waals surface area contributed by atoms with Gasteiger partial charge >= 0.3 is 0 Å². The Bertz CT molecular complexity index is 856. The van der Waals surface area contributed by atoms with Gasteiger partial charge in [0.25, 0.3) is 0 Å². The van der Waals surface area contributed by atoms with Crippen LogP contribution in [-0.2, 0) is 9.59 Å². The molecule has 0 bridgehead atoms. The number of hydrogen-bond acceptors (Lipinski definition) is 4. The van der Waals surface area contributed by atoms with Gasteiger partial charge in [-0.15, -0.1) is 0 Å². The van der Waals surface area contributed by atoms with Gasteiger partial charge in [-0.3, -0.25) is 9.59 Å². The van der Waals surface area contributed by atoms with E-state index in [0.717, 1.165) is 22.4 Å². The van der Waals surface area contributed by atoms with Gasteiger partial charge in [0.05, 0.1) is 19.8 Å². The molecule has 0 aromatic heterocycles. The number of nitrogens with zero attached hydrogens (tertiary/aromatic N) is 1. The van der Waals surface area contributed by atoms with Crippen molar-refractivity contribution in [2.75, 3.05) is 32.1 Å². The van der Waals surface area contributed by atoms with Crippen molar-refractivity contribution in [3.05, 3.63) is 53.1 Å². The maximum absolute atomic E-state index is 12.4. The lowest BCUT2D eigenvalue weighted by Gasteiger charge is -2.18. The number of hydrogen-bond donors (Lipinski definition) is 1. The van der Waals surface area contributed by atoms with E-state index in [4.69, 9.17) is 9.47 Å². The molecule has 0 aliphatic heterocycles. The van der Waals surface area contributed by atoms with Crippen LogP contribution in [-0.4, -0.2) is 43.5 Å². The Balaban J connectivity index is 1.78. The van der Waals surface area contributed by atoms with Gasteiger partial charge in [0.2, 0.25) is 11.8 Å². The average Bonchev–Trinajstić information content (AvgIpc) is 2.69. The van der Waals surface area contributed by atoms with Gasteiger partial charge in [0, 0.05) is 19.2 Å². The smallest absolute Gasteiger partial charge is 0.243 e. The molecule has 0 spiro atoms. The van der Waals surface area contributed by atoms with Crippen molar-refractivity contribution in [1.29, 1.82) is 0 Å². The summed E-state index contributed by atoms with van der Waals surface area (Å²) < 4.78 is 11.3. The van der Waals surface area contributed by atoms with Gasteiger partial charge in [0.1, 0.15) is 0 Å². The van der Waals surface area contributed by atoms with Crippen LogP contribution in [0.25, 0.3) is 0 Å². The average molecular weight is 413 g/mol. The van der Waals surface area contributed by atoms with Crippen LogP contribution in [0.4, 0.5) is 5.69 Å². The summed E-state index contributed by atoms with van der Waals surface area (Å²) in [5, 5.41) is 2.93. The van der Waals surface area contributed by atoms with Crippen molar-refractivity contribution in [2.24, 2.45) is 0 Å². The summed E-state index contributed by atoms with van der Waals surface area (Å²) in [6, 6.07) is 11.5. The SMILES string of the molecule is CCOc1ccccc1OCCCC(=O)N(C)CC(=O)Nc1c(C)cc(C)cc1C. The number of likely N-dealkylation sites (N-methyl/N-ethyl adjacent to an activating group) is 1. The molecular weight excluding hydrogens is 380 g/mol. The number of carbonyl (C=O) groups excluding carboxylic acids is 2. The van der Waals surface area contributed by atoms with E-state index in [2.05, 4.69) is 5.32 Å². The number of aryl methyl sites for hydroxylation is 3. The highest BCUT2D eigenvalue weighted by molar-refractivity contribution is 5.95. The van der Waals surface area contributed by atoms with E-state index < -0.39 is 0 Å². The lowest BCUT2D eigenvalue weighted by atomic mass is 10.1. The second kappa shape index (κ2) is 11.2. The highest BCUT2D eigenvalue weighted by atomic mass is 16.5. The van der Waals surface area contributed by atoms with Crippen LogP contribution in [0.1, 0.15) is 36.5 Å². The number of para-hydroxylation sites is 2. The van der Waals surface area contributed by atoms with E-state index in [-0.39, 0.29) is 18.4 Å². The number of rotatable bonds is 10. The zero-order valence-corrected chi connectivity index (χ0v) is 18.6. The molecule has 162 valence electrons. The third-order valence-electron chi connectivity index (χ3n) is 4.69. The Morgan fingerprint density at radius 2 is 1.60 bits per heavy atom. The summed E-state index contributed by atoms with van der Waals surface area (Å²) in [5.41, 5.74) is 3.99. The molecular formula is C24H32N2O4. The van der Waals surface area contributed by atoms with Crippen LogP contribution in [0.2, 0.25) is 0 Å². The molecule has 6 nitrogen and oxygen atoms in total. The third-order valence-corrected chi connectivity index (χ3v) is 4.69. The minimum atomic E-state index is -0.206. The molecule has 0 aliphatic rings. The van der Waals surface area contributed by atoms with Gasteiger partial charge in [-0.2, -0.15) is 0 Å². The Morgan fingerprint density at radius 1 is 1.00 bits per heavy atom. The molecule has 0 unspecified atom stereocenters. The molecule has 0 atom stereocenters. The quantitative estimate of drug-likeness (QED) is 0.592. The summed E-state index contributed by atoms with van der Waals surface area (Å²) >= 11 is 0. The van der Waals surface area contributed by atoms with Crippen molar-refractivity contribution in [2.45, 2.75) is 40.5 Å². The van der Waals surface area contributed by atoms with E-state index >= 15 is 0 Å². The molecule has 2 rings (SSSR count). The molecule has 2 amide bonds. The second-order valence-electron chi connectivity index (χ2n) is 7.40. The van der Waals surface area contributed by atoms with Gasteiger partial charge in [0.15, 0.2) is 11.5 Å². The van der Waals surface area contributed by atoms with Crippen LogP contribution >= 0.6 is 0 Å². The molecule has 0 saturated heterocycles. The number of amides is 2. The monoisotopic (exact) mass is 412 g/mol. The number of nitrogens with one attached hydrogen (secondary N) is 1. The fraction of sp³-hybridized carbons (Fsp3) is 0.417. The fourth-order valence-corrected chi connectivity index (χ4v) is 3.30. The number of ether oxygens (including phenoxy) is 2. The van der Waals surface area contributed by atoms with Crippen LogP contribution in [0.3, 0.4) is 0 Å². The topological polar surface area (TPSA) is 67.9 Å². The fourth-order valence-electron chi connectivity index (χ4n) is 3.30. The Morgan fingerprint density at radius 3 is 2.20 bits per heavy atom. The maximum Gasteiger partial charge on any atom is 0.243 e. The molecule has 2 aromatic rings. The van der Waals surface area contributed by atoms with Crippen LogP contribution in [0, 0.1) is 20.8 Å².